The van der Waals surface area contributed by atoms with Crippen LogP contribution in [0, 0.1) is 0 Å². The Morgan fingerprint density at radius 2 is 1.26 bits per heavy atom. The van der Waals surface area contributed by atoms with Crippen molar-refractivity contribution in [3.05, 3.63) is 18.7 Å². The van der Waals surface area contributed by atoms with Crippen LogP contribution >= 0.6 is 0 Å². The molecule has 1 aromatic heterocycles. The molecule has 1 rings (SSSR count). The van der Waals surface area contributed by atoms with E-state index in [1.54, 1.807) is 0 Å². The van der Waals surface area contributed by atoms with Gasteiger partial charge in [-0.05, 0) is 19.8 Å². The average molecular weight is 322 g/mol. The second kappa shape index (κ2) is 13.6. The molecule has 0 N–H and O–H groups in total. The molecule has 0 aromatic carbocycles. The van der Waals surface area contributed by atoms with Crippen molar-refractivity contribution < 1.29 is 4.57 Å². The molecule has 2 nitrogen and oxygen atoms in total. The predicted octanol–water partition coefficient (Wildman–Crippen LogP) is 6.35. The summed E-state index contributed by atoms with van der Waals surface area (Å²) < 4.78 is 4.46. The van der Waals surface area contributed by atoms with E-state index in [0.29, 0.717) is 6.04 Å². The van der Waals surface area contributed by atoms with Gasteiger partial charge in [-0.3, -0.25) is 0 Å². The van der Waals surface area contributed by atoms with Gasteiger partial charge in [-0.25, -0.2) is 9.13 Å². The van der Waals surface area contributed by atoms with E-state index < -0.39 is 0 Å². The van der Waals surface area contributed by atoms with Crippen LogP contribution in [0.25, 0.3) is 0 Å². The lowest BCUT2D eigenvalue weighted by molar-refractivity contribution is -0.719. The Morgan fingerprint density at radius 1 is 0.783 bits per heavy atom. The minimum Gasteiger partial charge on any atom is -0.240 e. The predicted molar refractivity (Wildman–Crippen MR) is 101 cm³/mol. The molecule has 0 bridgehead atoms. The molecule has 0 fully saturated rings. The molecule has 0 saturated heterocycles. The molecular weight excluding hydrogens is 280 g/mol. The van der Waals surface area contributed by atoms with Crippen LogP contribution in [0.4, 0.5) is 0 Å². The van der Waals surface area contributed by atoms with Crippen molar-refractivity contribution >= 4 is 0 Å². The fourth-order valence-electron chi connectivity index (χ4n) is 3.34. The molecule has 1 unspecified atom stereocenters. The SMILES string of the molecule is CCCCCCCCCCCCCCCC(C)[n+]1ccn(C)c1. The number of unbranched alkanes of at least 4 members (excludes halogenated alkanes) is 12. The van der Waals surface area contributed by atoms with Crippen LogP contribution in [0.3, 0.4) is 0 Å². The van der Waals surface area contributed by atoms with Crippen LogP contribution in [0.5, 0.6) is 0 Å². The number of nitrogens with zero attached hydrogens (tertiary/aromatic N) is 2. The first-order chi connectivity index (χ1) is 11.2. The normalized spacial score (nSPS) is 12.7. The second-order valence-electron chi connectivity index (χ2n) is 7.41. The Bertz CT molecular complexity index is 370. The van der Waals surface area contributed by atoms with Crippen LogP contribution < -0.4 is 4.57 Å². The topological polar surface area (TPSA) is 8.81 Å². The molecule has 0 aliphatic carbocycles. The van der Waals surface area contributed by atoms with Crippen molar-refractivity contribution in [2.24, 2.45) is 7.05 Å². The summed E-state index contributed by atoms with van der Waals surface area (Å²) in [5.74, 6) is 0. The smallest absolute Gasteiger partial charge is 0.240 e. The summed E-state index contributed by atoms with van der Waals surface area (Å²) in [7, 11) is 2.09. The Kier molecular flexibility index (Phi) is 12.0. The maximum absolute atomic E-state index is 2.33. The van der Waals surface area contributed by atoms with Crippen molar-refractivity contribution in [1.29, 1.82) is 0 Å². The Balaban J connectivity index is 1.81. The molecule has 0 radical (unpaired) electrons. The Morgan fingerprint density at radius 3 is 1.70 bits per heavy atom. The average Bonchev–Trinajstić information content (AvgIpc) is 2.98. The first-order valence-electron chi connectivity index (χ1n) is 10.3. The minimum atomic E-state index is 0.643. The fraction of sp³-hybridized carbons (Fsp3) is 0.857. The highest BCUT2D eigenvalue weighted by Gasteiger charge is 2.09. The van der Waals surface area contributed by atoms with Gasteiger partial charge in [0.2, 0.25) is 6.33 Å². The summed E-state index contributed by atoms with van der Waals surface area (Å²) in [5, 5.41) is 0. The van der Waals surface area contributed by atoms with E-state index in [0.717, 1.165) is 0 Å². The van der Waals surface area contributed by atoms with Gasteiger partial charge in [0.1, 0.15) is 12.4 Å². The van der Waals surface area contributed by atoms with Crippen molar-refractivity contribution in [1.82, 2.24) is 4.57 Å². The largest absolute Gasteiger partial charge is 0.243 e. The van der Waals surface area contributed by atoms with Crippen molar-refractivity contribution in [2.75, 3.05) is 0 Å². The third-order valence-electron chi connectivity index (χ3n) is 5.02. The number of aromatic nitrogens is 2. The summed E-state index contributed by atoms with van der Waals surface area (Å²) in [6.45, 7) is 4.63. The van der Waals surface area contributed by atoms with Crippen LogP contribution in [-0.2, 0) is 7.05 Å². The molecule has 1 atom stereocenters. The highest BCUT2D eigenvalue weighted by Crippen LogP contribution is 2.14. The molecule has 1 aromatic rings. The summed E-state index contributed by atoms with van der Waals surface area (Å²) in [4.78, 5) is 0. The minimum absolute atomic E-state index is 0.643. The van der Waals surface area contributed by atoms with E-state index in [1.165, 1.54) is 89.9 Å². The maximum Gasteiger partial charge on any atom is 0.243 e. The van der Waals surface area contributed by atoms with Gasteiger partial charge in [-0.15, -0.1) is 0 Å². The molecule has 0 aliphatic heterocycles. The van der Waals surface area contributed by atoms with Crippen molar-refractivity contribution in [3.8, 4) is 0 Å². The summed E-state index contributed by atoms with van der Waals surface area (Å²) in [6.07, 6.45) is 26.5. The van der Waals surface area contributed by atoms with Crippen LogP contribution in [-0.4, -0.2) is 4.57 Å². The molecule has 0 aliphatic rings. The fourth-order valence-corrected chi connectivity index (χ4v) is 3.34. The zero-order chi connectivity index (χ0) is 16.8. The van der Waals surface area contributed by atoms with Crippen LogP contribution in [0.1, 0.15) is 110 Å². The van der Waals surface area contributed by atoms with E-state index in [2.05, 4.69) is 48.8 Å². The molecule has 23 heavy (non-hydrogen) atoms. The van der Waals surface area contributed by atoms with Gasteiger partial charge in [-0.1, -0.05) is 84.0 Å². The van der Waals surface area contributed by atoms with Gasteiger partial charge in [0, 0.05) is 0 Å². The molecule has 0 saturated carbocycles. The number of hydrogen-bond donors (Lipinski definition) is 0. The number of rotatable bonds is 15. The van der Waals surface area contributed by atoms with E-state index in [1.807, 2.05) is 0 Å². The van der Waals surface area contributed by atoms with Crippen molar-refractivity contribution in [3.63, 3.8) is 0 Å². The number of aryl methyl sites for hydroxylation is 1. The third-order valence-corrected chi connectivity index (χ3v) is 5.02. The van der Waals surface area contributed by atoms with Gasteiger partial charge >= 0.3 is 0 Å². The van der Waals surface area contributed by atoms with E-state index in [9.17, 15) is 0 Å². The summed E-state index contributed by atoms with van der Waals surface area (Å²) in [6, 6.07) is 0.643. The maximum atomic E-state index is 2.33. The zero-order valence-corrected chi connectivity index (χ0v) is 16.1. The molecule has 1 heterocycles. The second-order valence-corrected chi connectivity index (χ2v) is 7.41. The Labute approximate surface area is 145 Å². The zero-order valence-electron chi connectivity index (χ0n) is 16.1. The molecular formula is C21H41N2+. The lowest BCUT2D eigenvalue weighted by Gasteiger charge is -2.07. The van der Waals surface area contributed by atoms with Crippen LogP contribution in [0.2, 0.25) is 0 Å². The molecule has 0 amide bonds. The van der Waals surface area contributed by atoms with Gasteiger partial charge in [0.25, 0.3) is 0 Å². The summed E-state index contributed by atoms with van der Waals surface area (Å²) >= 11 is 0. The highest BCUT2D eigenvalue weighted by atomic mass is 15.1. The van der Waals surface area contributed by atoms with E-state index in [4.69, 9.17) is 0 Å². The van der Waals surface area contributed by atoms with E-state index >= 15 is 0 Å². The highest BCUT2D eigenvalue weighted by molar-refractivity contribution is 4.63. The lowest BCUT2D eigenvalue weighted by Crippen LogP contribution is -2.35. The Hall–Kier alpha value is -0.790. The van der Waals surface area contributed by atoms with Gasteiger partial charge in [0.15, 0.2) is 0 Å². The molecule has 2 heteroatoms. The lowest BCUT2D eigenvalue weighted by atomic mass is 10.0. The quantitative estimate of drug-likeness (QED) is 0.263. The standard InChI is InChI=1S/C21H41N2/c1-4-5-6-7-8-9-10-11-12-13-14-15-16-17-21(2)23-19-18-22(3)20-23/h18-21H,4-17H2,1-3H3/q+1. The van der Waals surface area contributed by atoms with Crippen LogP contribution in [0.15, 0.2) is 18.7 Å². The van der Waals surface area contributed by atoms with Crippen molar-refractivity contribution in [2.45, 2.75) is 110 Å². The number of hydrogen-bond acceptors (Lipinski definition) is 0. The monoisotopic (exact) mass is 321 g/mol. The van der Waals surface area contributed by atoms with E-state index in [-0.39, 0.29) is 0 Å². The van der Waals surface area contributed by atoms with Gasteiger partial charge in [-0.2, -0.15) is 0 Å². The molecule has 0 spiro atoms. The first kappa shape index (κ1) is 20.3. The number of imidazole rings is 1. The first-order valence-corrected chi connectivity index (χ1v) is 10.3. The third kappa shape index (κ3) is 10.6. The molecule has 134 valence electrons. The van der Waals surface area contributed by atoms with Gasteiger partial charge in [0.05, 0.1) is 13.1 Å². The van der Waals surface area contributed by atoms with Gasteiger partial charge < -0.3 is 0 Å². The summed E-state index contributed by atoms with van der Waals surface area (Å²) in [5.41, 5.74) is 0.